The highest BCUT2D eigenvalue weighted by atomic mass is 16.4. The van der Waals surface area contributed by atoms with Crippen molar-refractivity contribution in [1.82, 2.24) is 9.97 Å². The largest absolute Gasteiger partial charge is 0.481 e. The van der Waals surface area contributed by atoms with E-state index in [0.717, 1.165) is 0 Å². The summed E-state index contributed by atoms with van der Waals surface area (Å²) in [7, 11) is 0. The van der Waals surface area contributed by atoms with Gasteiger partial charge in [-0.15, -0.1) is 0 Å². The molecule has 0 saturated heterocycles. The van der Waals surface area contributed by atoms with Gasteiger partial charge in [0.15, 0.2) is 0 Å². The lowest BCUT2D eigenvalue weighted by atomic mass is 9.88. The molecule has 0 fully saturated rings. The Labute approximate surface area is 106 Å². The maximum atomic E-state index is 11.1. The number of rotatable bonds is 5. The van der Waals surface area contributed by atoms with Crippen LogP contribution in [0.15, 0.2) is 6.07 Å². The number of nitriles is 1. The van der Waals surface area contributed by atoms with E-state index in [1.807, 2.05) is 13.0 Å². The van der Waals surface area contributed by atoms with Gasteiger partial charge in [-0.3, -0.25) is 4.79 Å². The lowest BCUT2D eigenvalue weighted by Crippen LogP contribution is -2.34. The molecule has 1 unspecified atom stereocenters. The van der Waals surface area contributed by atoms with Crippen LogP contribution in [0.25, 0.3) is 0 Å². The van der Waals surface area contributed by atoms with E-state index >= 15 is 0 Å². The van der Waals surface area contributed by atoms with Crippen molar-refractivity contribution in [3.05, 3.63) is 17.5 Å². The van der Waals surface area contributed by atoms with Crippen LogP contribution in [0.2, 0.25) is 0 Å². The molecule has 1 atom stereocenters. The maximum absolute atomic E-state index is 11.1. The number of aryl methyl sites for hydroxylation is 1. The Hall–Kier alpha value is -2.16. The molecule has 1 heterocycles. The summed E-state index contributed by atoms with van der Waals surface area (Å²) in [6.45, 7) is 5.44. The Balaban J connectivity index is 2.84. The van der Waals surface area contributed by atoms with Crippen molar-refractivity contribution in [2.45, 2.75) is 27.2 Å². The molecule has 1 aromatic heterocycles. The summed E-state index contributed by atoms with van der Waals surface area (Å²) in [4.78, 5) is 19.2. The van der Waals surface area contributed by atoms with Crippen LogP contribution in [0.4, 0.5) is 5.95 Å². The second-order valence-corrected chi connectivity index (χ2v) is 4.40. The predicted molar refractivity (Wildman–Crippen MR) is 66.0 cm³/mol. The van der Waals surface area contributed by atoms with E-state index in [1.54, 1.807) is 19.9 Å². The first-order chi connectivity index (χ1) is 8.41. The Morgan fingerprint density at radius 3 is 2.78 bits per heavy atom. The number of hydrogen-bond donors (Lipinski definition) is 2. The van der Waals surface area contributed by atoms with E-state index in [2.05, 4.69) is 15.3 Å². The summed E-state index contributed by atoms with van der Waals surface area (Å²) in [5.41, 5.74) is 0.0519. The number of nitrogens with one attached hydrogen (secondary N) is 1. The van der Waals surface area contributed by atoms with E-state index < -0.39 is 11.4 Å². The number of nitrogens with zero attached hydrogens (tertiary/aromatic N) is 3. The molecule has 0 saturated carbocycles. The molecule has 6 nitrogen and oxygen atoms in total. The van der Waals surface area contributed by atoms with Crippen molar-refractivity contribution in [3.8, 4) is 6.07 Å². The number of aliphatic carboxylic acids is 1. The van der Waals surface area contributed by atoms with Gasteiger partial charge >= 0.3 is 5.97 Å². The second-order valence-electron chi connectivity index (χ2n) is 4.40. The molecule has 0 radical (unpaired) electrons. The minimum absolute atomic E-state index is 0.215. The molecule has 2 N–H and O–H groups in total. The van der Waals surface area contributed by atoms with Crippen molar-refractivity contribution in [2.24, 2.45) is 5.41 Å². The van der Waals surface area contributed by atoms with Gasteiger partial charge in [-0.1, -0.05) is 6.92 Å². The monoisotopic (exact) mass is 248 g/mol. The molecular formula is C12H16N4O2. The van der Waals surface area contributed by atoms with E-state index in [4.69, 9.17) is 10.4 Å². The third kappa shape index (κ3) is 3.17. The highest BCUT2D eigenvalue weighted by Gasteiger charge is 2.31. The van der Waals surface area contributed by atoms with Gasteiger partial charge in [-0.25, -0.2) is 9.97 Å². The number of anilines is 1. The van der Waals surface area contributed by atoms with Crippen LogP contribution in [-0.4, -0.2) is 27.6 Å². The lowest BCUT2D eigenvalue weighted by molar-refractivity contribution is -0.147. The molecule has 0 aromatic carbocycles. The average molecular weight is 248 g/mol. The molecule has 0 aliphatic heterocycles. The molecule has 0 amide bonds. The summed E-state index contributed by atoms with van der Waals surface area (Å²) >= 11 is 0. The minimum atomic E-state index is -0.875. The average Bonchev–Trinajstić information content (AvgIpc) is 2.35. The fourth-order valence-electron chi connectivity index (χ4n) is 1.33. The smallest absolute Gasteiger partial charge is 0.311 e. The van der Waals surface area contributed by atoms with Crippen molar-refractivity contribution in [1.29, 1.82) is 5.26 Å². The molecule has 18 heavy (non-hydrogen) atoms. The van der Waals surface area contributed by atoms with E-state index in [9.17, 15) is 4.79 Å². The highest BCUT2D eigenvalue weighted by Crippen LogP contribution is 2.21. The number of carbonyl (C=O) groups is 1. The second kappa shape index (κ2) is 5.45. The molecule has 0 spiro atoms. The number of carboxylic acid groups (broad SMARTS) is 1. The van der Waals surface area contributed by atoms with Crippen LogP contribution in [0, 0.1) is 23.7 Å². The molecule has 0 aliphatic rings. The third-order valence-corrected chi connectivity index (χ3v) is 2.90. The van der Waals surface area contributed by atoms with E-state index in [1.165, 1.54) is 0 Å². The Morgan fingerprint density at radius 2 is 2.28 bits per heavy atom. The molecule has 1 rings (SSSR count). The van der Waals surface area contributed by atoms with Gasteiger partial charge in [-0.05, 0) is 26.3 Å². The fraction of sp³-hybridized carbons (Fsp3) is 0.500. The summed E-state index contributed by atoms with van der Waals surface area (Å²) < 4.78 is 0. The van der Waals surface area contributed by atoms with Crippen LogP contribution in [0.3, 0.4) is 0 Å². The normalized spacial score (nSPS) is 13.4. The summed E-state index contributed by atoms with van der Waals surface area (Å²) in [6, 6.07) is 3.51. The lowest BCUT2D eigenvalue weighted by Gasteiger charge is -2.23. The molecule has 0 bridgehead atoms. The number of hydrogen-bond acceptors (Lipinski definition) is 5. The van der Waals surface area contributed by atoms with E-state index in [0.29, 0.717) is 12.1 Å². The fourth-order valence-corrected chi connectivity index (χ4v) is 1.33. The summed E-state index contributed by atoms with van der Waals surface area (Å²) in [5, 5.41) is 20.8. The zero-order valence-electron chi connectivity index (χ0n) is 10.7. The molecule has 1 aromatic rings. The van der Waals surface area contributed by atoms with Gasteiger partial charge in [0.1, 0.15) is 11.8 Å². The maximum Gasteiger partial charge on any atom is 0.311 e. The standard InChI is InChI=1S/C12H16N4O2/c1-4-12(3,10(17)18)7-14-11-15-8(2)5-9(6-13)16-11/h5H,4,7H2,1-3H3,(H,17,18)(H,14,15,16). The quantitative estimate of drug-likeness (QED) is 0.820. The zero-order chi connectivity index (χ0) is 13.8. The van der Waals surface area contributed by atoms with Crippen LogP contribution >= 0.6 is 0 Å². The summed E-state index contributed by atoms with van der Waals surface area (Å²) in [6.07, 6.45) is 0.492. The Morgan fingerprint density at radius 1 is 1.61 bits per heavy atom. The van der Waals surface area contributed by atoms with Gasteiger partial charge in [-0.2, -0.15) is 5.26 Å². The topological polar surface area (TPSA) is 98.9 Å². The number of aromatic nitrogens is 2. The Kier molecular flexibility index (Phi) is 4.21. The molecule has 0 aliphatic carbocycles. The molecular weight excluding hydrogens is 232 g/mol. The first kappa shape index (κ1) is 13.9. The van der Waals surface area contributed by atoms with Gasteiger partial charge in [0.25, 0.3) is 0 Å². The van der Waals surface area contributed by atoms with Crippen molar-refractivity contribution in [3.63, 3.8) is 0 Å². The molecule has 6 heteroatoms. The SMILES string of the molecule is CCC(C)(CNc1nc(C)cc(C#N)n1)C(=O)O. The van der Waals surface area contributed by atoms with Crippen LogP contribution in [0.1, 0.15) is 31.7 Å². The first-order valence-electron chi connectivity index (χ1n) is 5.64. The van der Waals surface area contributed by atoms with Gasteiger partial charge < -0.3 is 10.4 Å². The molecule has 96 valence electrons. The van der Waals surface area contributed by atoms with Crippen molar-refractivity contribution >= 4 is 11.9 Å². The third-order valence-electron chi connectivity index (χ3n) is 2.90. The minimum Gasteiger partial charge on any atom is -0.481 e. The van der Waals surface area contributed by atoms with Crippen LogP contribution < -0.4 is 5.32 Å². The van der Waals surface area contributed by atoms with Crippen LogP contribution in [0.5, 0.6) is 0 Å². The number of carboxylic acids is 1. The Bertz CT molecular complexity index is 495. The van der Waals surface area contributed by atoms with Gasteiger partial charge in [0.05, 0.1) is 5.41 Å². The van der Waals surface area contributed by atoms with Gasteiger partial charge in [0, 0.05) is 12.2 Å². The predicted octanol–water partition coefficient (Wildman–Crippen LogP) is 1.57. The highest BCUT2D eigenvalue weighted by molar-refractivity contribution is 5.74. The van der Waals surface area contributed by atoms with Gasteiger partial charge in [0.2, 0.25) is 5.95 Å². The van der Waals surface area contributed by atoms with Crippen LogP contribution in [-0.2, 0) is 4.79 Å². The zero-order valence-corrected chi connectivity index (χ0v) is 10.7. The van der Waals surface area contributed by atoms with Crippen molar-refractivity contribution < 1.29 is 9.90 Å². The summed E-state index contributed by atoms with van der Waals surface area (Å²) in [5.74, 6) is -0.585. The van der Waals surface area contributed by atoms with E-state index in [-0.39, 0.29) is 18.2 Å². The first-order valence-corrected chi connectivity index (χ1v) is 5.64. The van der Waals surface area contributed by atoms with Crippen molar-refractivity contribution in [2.75, 3.05) is 11.9 Å².